The lowest BCUT2D eigenvalue weighted by atomic mass is 9.68. The molecule has 0 bridgehead atoms. The summed E-state index contributed by atoms with van der Waals surface area (Å²) in [6, 6.07) is 12.6. The third-order valence-corrected chi connectivity index (χ3v) is 10.4. The van der Waals surface area contributed by atoms with Crippen LogP contribution >= 0.6 is 0 Å². The van der Waals surface area contributed by atoms with E-state index in [0.29, 0.717) is 24.3 Å². The number of nitrogens with one attached hydrogen (secondary N) is 1. The molecule has 5 nitrogen and oxygen atoms in total. The molecule has 5 heteroatoms. The van der Waals surface area contributed by atoms with Crippen molar-refractivity contribution in [3.05, 3.63) is 81.7 Å². The zero-order valence-corrected chi connectivity index (χ0v) is 25.7. The summed E-state index contributed by atoms with van der Waals surface area (Å²) in [4.78, 5) is 3.43. The molecule has 2 saturated carbocycles. The highest BCUT2D eigenvalue weighted by Gasteiger charge is 2.37. The van der Waals surface area contributed by atoms with Crippen LogP contribution in [0.4, 0.5) is 0 Å². The summed E-state index contributed by atoms with van der Waals surface area (Å²) in [5.41, 5.74) is 6.55. The number of aromatic amines is 1. The minimum absolute atomic E-state index is 0.113. The van der Waals surface area contributed by atoms with Crippen molar-refractivity contribution in [1.29, 1.82) is 0 Å². The first kappa shape index (κ1) is 30.7. The Bertz CT molecular complexity index is 1230. The Labute approximate surface area is 252 Å². The van der Waals surface area contributed by atoms with Crippen molar-refractivity contribution in [2.75, 3.05) is 13.2 Å². The number of benzene rings is 2. The highest BCUT2D eigenvalue weighted by Crippen LogP contribution is 2.51. The number of H-pyrrole nitrogens is 1. The number of aromatic hydroxyl groups is 2. The molecule has 1 heterocycles. The molecule has 2 aromatic carbocycles. The van der Waals surface area contributed by atoms with Gasteiger partial charge in [0.2, 0.25) is 0 Å². The molecule has 0 unspecified atom stereocenters. The molecule has 0 atom stereocenters. The molecule has 0 saturated heterocycles. The third-order valence-electron chi connectivity index (χ3n) is 10.4. The van der Waals surface area contributed by atoms with Crippen LogP contribution in [-0.2, 0) is 23.7 Å². The van der Waals surface area contributed by atoms with Gasteiger partial charge in [-0.1, -0.05) is 76.6 Å². The van der Waals surface area contributed by atoms with E-state index in [-0.39, 0.29) is 30.0 Å². The lowest BCUT2D eigenvalue weighted by Gasteiger charge is -2.37. The van der Waals surface area contributed by atoms with Crippen LogP contribution < -0.4 is 0 Å². The first-order valence-electron chi connectivity index (χ1n) is 16.4. The number of phenolic OH excluding ortho intramolecular Hbond substituents is 2. The van der Waals surface area contributed by atoms with Crippen molar-refractivity contribution in [3.63, 3.8) is 0 Å². The predicted molar refractivity (Wildman–Crippen MR) is 170 cm³/mol. The molecule has 5 rings (SSSR count). The van der Waals surface area contributed by atoms with Gasteiger partial charge in [0.05, 0.1) is 5.92 Å². The highest BCUT2D eigenvalue weighted by atomic mass is 16.3. The largest absolute Gasteiger partial charge is 0.507 e. The average Bonchev–Trinajstić information content (AvgIpc) is 3.52. The normalized spacial score (nSPS) is 18.4. The van der Waals surface area contributed by atoms with Crippen LogP contribution in [0.1, 0.15) is 136 Å². The van der Waals surface area contributed by atoms with Gasteiger partial charge in [-0.05, 0) is 85.5 Å². The Morgan fingerprint density at radius 1 is 0.690 bits per heavy atom. The molecule has 1 aromatic heterocycles. The van der Waals surface area contributed by atoms with Crippen molar-refractivity contribution >= 4 is 0 Å². The lowest BCUT2D eigenvalue weighted by Crippen LogP contribution is -2.26. The lowest BCUT2D eigenvalue weighted by molar-refractivity contribution is 0.288. The fourth-order valence-electron chi connectivity index (χ4n) is 7.88. The smallest absolute Gasteiger partial charge is 0.123 e. The van der Waals surface area contributed by atoms with Gasteiger partial charge in [-0.15, -0.1) is 0 Å². The summed E-state index contributed by atoms with van der Waals surface area (Å²) in [7, 11) is 0. The Morgan fingerprint density at radius 3 is 1.52 bits per heavy atom. The molecule has 0 radical (unpaired) electrons. The first-order valence-corrected chi connectivity index (χ1v) is 16.4. The van der Waals surface area contributed by atoms with Gasteiger partial charge in [0.1, 0.15) is 11.5 Å². The second-order valence-electron chi connectivity index (χ2n) is 13.6. The van der Waals surface area contributed by atoms with Crippen LogP contribution in [0.2, 0.25) is 0 Å². The van der Waals surface area contributed by atoms with Gasteiger partial charge in [0, 0.05) is 47.4 Å². The first-order chi connectivity index (χ1) is 20.3. The molecule has 42 heavy (non-hydrogen) atoms. The highest BCUT2D eigenvalue weighted by molar-refractivity contribution is 5.59. The summed E-state index contributed by atoms with van der Waals surface area (Å²) >= 11 is 0. The van der Waals surface area contributed by atoms with Crippen LogP contribution in [0.5, 0.6) is 11.5 Å². The molecule has 3 aromatic rings. The van der Waals surface area contributed by atoms with Crippen LogP contribution in [0.15, 0.2) is 42.6 Å². The van der Waals surface area contributed by atoms with Crippen LogP contribution in [-0.4, -0.2) is 38.6 Å². The monoisotopic (exact) mass is 573 g/mol. The molecule has 2 aliphatic carbocycles. The molecule has 0 aliphatic heterocycles. The third kappa shape index (κ3) is 6.28. The van der Waals surface area contributed by atoms with Crippen LogP contribution in [0.3, 0.4) is 0 Å². The molecular weight excluding hydrogens is 522 g/mol. The Hall–Kier alpha value is -2.76. The van der Waals surface area contributed by atoms with E-state index in [1.807, 2.05) is 18.3 Å². The average molecular weight is 574 g/mol. The molecule has 0 spiro atoms. The van der Waals surface area contributed by atoms with E-state index in [9.17, 15) is 20.4 Å². The summed E-state index contributed by atoms with van der Waals surface area (Å²) < 4.78 is 0. The number of rotatable bonds is 11. The second kappa shape index (κ2) is 13.3. The number of hydrogen-bond acceptors (Lipinski definition) is 4. The summed E-state index contributed by atoms with van der Waals surface area (Å²) in [6.07, 6.45) is 16.0. The van der Waals surface area contributed by atoms with E-state index < -0.39 is 0 Å². The van der Waals surface area contributed by atoms with E-state index in [1.165, 1.54) is 12.8 Å². The molecule has 2 aliphatic rings. The van der Waals surface area contributed by atoms with Crippen molar-refractivity contribution in [3.8, 4) is 11.5 Å². The standard InChI is InChI=1S/C37H51NO4/c1-36(15-5-3-6-16-36)30-24-26(12-10-20-39)22-28(34(30)41)33(32-14-9-19-38-32)29-23-27(13-11-21-40)25-31(35(29)42)37(2)17-7-4-8-18-37/h9,14,19,22-25,33,38-42H,3-8,10-13,15-18,20-21H2,1-2H3. The fourth-order valence-corrected chi connectivity index (χ4v) is 7.88. The molecule has 0 amide bonds. The maximum atomic E-state index is 12.2. The predicted octanol–water partition coefficient (Wildman–Crippen LogP) is 7.90. The van der Waals surface area contributed by atoms with Gasteiger partial charge < -0.3 is 25.4 Å². The zero-order valence-electron chi connectivity index (χ0n) is 25.7. The number of hydrogen-bond donors (Lipinski definition) is 5. The number of aromatic nitrogens is 1. The van der Waals surface area contributed by atoms with Gasteiger partial charge in [0.15, 0.2) is 0 Å². The van der Waals surface area contributed by atoms with Gasteiger partial charge in [-0.2, -0.15) is 0 Å². The van der Waals surface area contributed by atoms with Crippen molar-refractivity contribution in [2.45, 2.75) is 120 Å². The number of aliphatic hydroxyl groups is 2. The van der Waals surface area contributed by atoms with Gasteiger partial charge in [-0.3, -0.25) is 0 Å². The van der Waals surface area contributed by atoms with Gasteiger partial charge in [-0.25, -0.2) is 0 Å². The number of aliphatic hydroxyl groups excluding tert-OH is 2. The van der Waals surface area contributed by atoms with Gasteiger partial charge >= 0.3 is 0 Å². The number of phenols is 2. The van der Waals surface area contributed by atoms with E-state index in [0.717, 1.165) is 103 Å². The van der Waals surface area contributed by atoms with Crippen molar-refractivity contribution in [2.24, 2.45) is 0 Å². The van der Waals surface area contributed by atoms with E-state index in [1.54, 1.807) is 0 Å². The minimum Gasteiger partial charge on any atom is -0.507 e. The van der Waals surface area contributed by atoms with Crippen molar-refractivity contribution < 1.29 is 20.4 Å². The van der Waals surface area contributed by atoms with Gasteiger partial charge in [0.25, 0.3) is 0 Å². The second-order valence-corrected chi connectivity index (χ2v) is 13.6. The van der Waals surface area contributed by atoms with Crippen molar-refractivity contribution in [1.82, 2.24) is 4.98 Å². The Balaban J connectivity index is 1.74. The summed E-state index contributed by atoms with van der Waals surface area (Å²) in [5, 5.41) is 43.7. The molecule has 5 N–H and O–H groups in total. The summed E-state index contributed by atoms with van der Waals surface area (Å²) in [6.45, 7) is 4.83. The quantitative estimate of drug-likeness (QED) is 0.161. The zero-order chi connectivity index (χ0) is 29.7. The molecular formula is C37H51NO4. The SMILES string of the molecule is CC1(c2cc(CCCO)cc(C(c3ccc[nH]3)c3cc(CCCO)cc(C4(C)CCCCC4)c3O)c2O)CCCCC1. The van der Waals surface area contributed by atoms with E-state index >= 15 is 0 Å². The van der Waals surface area contributed by atoms with Crippen LogP contribution in [0.25, 0.3) is 0 Å². The molecule has 2 fully saturated rings. The fraction of sp³-hybridized carbons (Fsp3) is 0.568. The Kier molecular flexibility index (Phi) is 9.69. The summed E-state index contributed by atoms with van der Waals surface area (Å²) in [5.74, 6) is 0.273. The Morgan fingerprint density at radius 2 is 1.14 bits per heavy atom. The maximum absolute atomic E-state index is 12.2. The van der Waals surface area contributed by atoms with Crippen LogP contribution in [0, 0.1) is 0 Å². The van der Waals surface area contributed by atoms with E-state index in [2.05, 4.69) is 43.1 Å². The minimum atomic E-state index is -0.389. The number of aryl methyl sites for hydroxylation is 2. The topological polar surface area (TPSA) is 96.7 Å². The molecule has 228 valence electrons. The maximum Gasteiger partial charge on any atom is 0.123 e. The van der Waals surface area contributed by atoms with E-state index in [4.69, 9.17) is 0 Å².